The van der Waals surface area contributed by atoms with Gasteiger partial charge in [0.15, 0.2) is 0 Å². The van der Waals surface area contributed by atoms with Crippen LogP contribution < -0.4 is 5.32 Å². The maximum Gasteiger partial charge on any atom is 0.0959 e. The lowest BCUT2D eigenvalue weighted by molar-refractivity contribution is 0.187. The molecule has 1 fully saturated rings. The Bertz CT molecular complexity index is 356. The van der Waals surface area contributed by atoms with Crippen molar-refractivity contribution in [1.29, 1.82) is 0 Å². The van der Waals surface area contributed by atoms with E-state index in [1.54, 1.807) is 0 Å². The van der Waals surface area contributed by atoms with Crippen molar-refractivity contribution in [3.05, 3.63) is 16.1 Å². The van der Waals surface area contributed by atoms with E-state index in [9.17, 15) is 5.11 Å². The van der Waals surface area contributed by atoms with Crippen LogP contribution in [0.4, 0.5) is 0 Å². The highest BCUT2D eigenvalue weighted by molar-refractivity contribution is 7.11. The van der Waals surface area contributed by atoms with Crippen LogP contribution in [0.3, 0.4) is 0 Å². The normalized spacial score (nSPS) is 17.8. The highest BCUT2D eigenvalue weighted by atomic mass is 32.1. The number of aliphatic hydroxyl groups excluding tert-OH is 1. The monoisotopic (exact) mass is 254 g/mol. The molecule has 1 aromatic rings. The molecule has 1 aromatic heterocycles. The molecule has 0 unspecified atom stereocenters. The van der Waals surface area contributed by atoms with Gasteiger partial charge < -0.3 is 10.4 Å². The summed E-state index contributed by atoms with van der Waals surface area (Å²) in [6.45, 7) is 4.97. The Hall–Kier alpha value is -0.450. The highest BCUT2D eigenvalue weighted by Crippen LogP contribution is 2.36. The smallest absolute Gasteiger partial charge is 0.0959 e. The summed E-state index contributed by atoms with van der Waals surface area (Å²) >= 11 is 1.83. The van der Waals surface area contributed by atoms with Gasteiger partial charge in [-0.15, -0.1) is 11.3 Å². The molecule has 1 aliphatic carbocycles. The van der Waals surface area contributed by atoms with Crippen LogP contribution in [0.1, 0.15) is 55.3 Å². The average molecular weight is 254 g/mol. The van der Waals surface area contributed by atoms with Gasteiger partial charge in [0.1, 0.15) is 0 Å². The van der Waals surface area contributed by atoms with Crippen molar-refractivity contribution in [2.24, 2.45) is 0 Å². The minimum atomic E-state index is -0.211. The molecule has 0 bridgehead atoms. The zero-order valence-electron chi connectivity index (χ0n) is 10.7. The molecule has 0 aliphatic heterocycles. The van der Waals surface area contributed by atoms with Gasteiger partial charge in [-0.05, 0) is 26.7 Å². The molecule has 17 heavy (non-hydrogen) atoms. The first-order valence-electron chi connectivity index (χ1n) is 6.41. The first kappa shape index (κ1) is 13.0. The largest absolute Gasteiger partial charge is 0.394 e. The molecule has 0 radical (unpaired) electrons. The van der Waals surface area contributed by atoms with E-state index in [4.69, 9.17) is 0 Å². The Kier molecular flexibility index (Phi) is 4.17. The number of aliphatic hydroxyl groups is 1. The van der Waals surface area contributed by atoms with Crippen molar-refractivity contribution in [2.75, 3.05) is 6.61 Å². The molecule has 0 saturated heterocycles. The molecule has 0 spiro atoms. The van der Waals surface area contributed by atoms with Crippen molar-refractivity contribution in [1.82, 2.24) is 10.3 Å². The first-order valence-corrected chi connectivity index (χ1v) is 7.23. The van der Waals surface area contributed by atoms with Crippen LogP contribution >= 0.6 is 11.3 Å². The molecular weight excluding hydrogens is 232 g/mol. The molecule has 96 valence electrons. The molecule has 2 N–H and O–H groups in total. The molecule has 4 heteroatoms. The number of nitrogens with zero attached hydrogens (tertiary/aromatic N) is 1. The van der Waals surface area contributed by atoms with Gasteiger partial charge in [0.05, 0.1) is 11.6 Å². The second-order valence-corrected chi connectivity index (χ2v) is 6.69. The van der Waals surface area contributed by atoms with Crippen molar-refractivity contribution in [3.63, 3.8) is 0 Å². The lowest BCUT2D eigenvalue weighted by atomic mass is 10.1. The van der Waals surface area contributed by atoms with Crippen LogP contribution in [0.25, 0.3) is 0 Å². The minimum Gasteiger partial charge on any atom is -0.394 e. The van der Waals surface area contributed by atoms with Gasteiger partial charge in [-0.25, -0.2) is 4.98 Å². The standard InChI is InChI=1S/C13H22N2OS/c1-13(2,9-16)15-8-11-7-14-12(17-11)10-5-3-4-6-10/h7,10,15-16H,3-6,8-9H2,1-2H3. The van der Waals surface area contributed by atoms with Gasteiger partial charge in [-0.2, -0.15) is 0 Å². The van der Waals surface area contributed by atoms with E-state index >= 15 is 0 Å². The molecule has 3 nitrogen and oxygen atoms in total. The summed E-state index contributed by atoms with van der Waals surface area (Å²) in [6.07, 6.45) is 7.31. The van der Waals surface area contributed by atoms with E-state index in [1.807, 2.05) is 31.4 Å². The predicted octanol–water partition coefficient (Wildman–Crippen LogP) is 2.66. The molecule has 0 amide bonds. The molecule has 1 aliphatic rings. The molecule has 1 saturated carbocycles. The van der Waals surface area contributed by atoms with Gasteiger partial charge in [0, 0.05) is 29.1 Å². The van der Waals surface area contributed by atoms with E-state index in [1.165, 1.54) is 35.6 Å². The Labute approximate surface area is 107 Å². The van der Waals surface area contributed by atoms with Crippen molar-refractivity contribution < 1.29 is 5.11 Å². The number of hydrogen-bond donors (Lipinski definition) is 2. The van der Waals surface area contributed by atoms with Crippen molar-refractivity contribution in [2.45, 2.75) is 57.5 Å². The molecule has 2 rings (SSSR count). The fourth-order valence-corrected chi connectivity index (χ4v) is 3.17. The second-order valence-electron chi connectivity index (χ2n) is 5.54. The maximum atomic E-state index is 9.18. The highest BCUT2D eigenvalue weighted by Gasteiger charge is 2.21. The predicted molar refractivity (Wildman–Crippen MR) is 71.3 cm³/mol. The summed E-state index contributed by atoms with van der Waals surface area (Å²) in [5.74, 6) is 0.708. The van der Waals surface area contributed by atoms with Gasteiger partial charge in [-0.1, -0.05) is 12.8 Å². The summed E-state index contributed by atoms with van der Waals surface area (Å²) in [6, 6.07) is 0. The number of rotatable bonds is 5. The Morgan fingerprint density at radius 2 is 2.18 bits per heavy atom. The van der Waals surface area contributed by atoms with Gasteiger partial charge in [0.2, 0.25) is 0 Å². The lowest BCUT2D eigenvalue weighted by Gasteiger charge is -2.22. The van der Waals surface area contributed by atoms with Crippen molar-refractivity contribution in [3.8, 4) is 0 Å². The maximum absolute atomic E-state index is 9.18. The Balaban J connectivity index is 1.90. The van der Waals surface area contributed by atoms with E-state index in [2.05, 4.69) is 10.3 Å². The van der Waals surface area contributed by atoms with Crippen LogP contribution in [0.15, 0.2) is 6.20 Å². The van der Waals surface area contributed by atoms with Gasteiger partial charge in [0.25, 0.3) is 0 Å². The van der Waals surface area contributed by atoms with E-state index in [-0.39, 0.29) is 12.1 Å². The van der Waals surface area contributed by atoms with Crippen LogP contribution in [0.2, 0.25) is 0 Å². The number of hydrogen-bond acceptors (Lipinski definition) is 4. The average Bonchev–Trinajstić information content (AvgIpc) is 2.97. The summed E-state index contributed by atoms with van der Waals surface area (Å²) < 4.78 is 0. The fraction of sp³-hybridized carbons (Fsp3) is 0.769. The van der Waals surface area contributed by atoms with E-state index < -0.39 is 0 Å². The van der Waals surface area contributed by atoms with E-state index in [0.29, 0.717) is 5.92 Å². The zero-order chi connectivity index (χ0) is 12.3. The molecule has 0 aromatic carbocycles. The topological polar surface area (TPSA) is 45.1 Å². The van der Waals surface area contributed by atoms with E-state index in [0.717, 1.165) is 6.54 Å². The van der Waals surface area contributed by atoms with Crippen LogP contribution in [0, 0.1) is 0 Å². The van der Waals surface area contributed by atoms with Gasteiger partial charge in [-0.3, -0.25) is 0 Å². The van der Waals surface area contributed by atoms with Crippen LogP contribution in [-0.2, 0) is 6.54 Å². The quantitative estimate of drug-likeness (QED) is 0.849. The summed E-state index contributed by atoms with van der Waals surface area (Å²) in [7, 11) is 0. The number of nitrogens with one attached hydrogen (secondary N) is 1. The SMILES string of the molecule is CC(C)(CO)NCc1cnc(C2CCCC2)s1. The Morgan fingerprint density at radius 1 is 1.47 bits per heavy atom. The third-order valence-corrected chi connectivity index (χ3v) is 4.57. The van der Waals surface area contributed by atoms with Crippen molar-refractivity contribution >= 4 is 11.3 Å². The summed E-state index contributed by atoms with van der Waals surface area (Å²) in [5.41, 5.74) is -0.211. The van der Waals surface area contributed by atoms with Gasteiger partial charge >= 0.3 is 0 Å². The van der Waals surface area contributed by atoms with Crippen LogP contribution in [0.5, 0.6) is 0 Å². The number of aromatic nitrogens is 1. The third kappa shape index (κ3) is 3.50. The third-order valence-electron chi connectivity index (χ3n) is 3.41. The minimum absolute atomic E-state index is 0.154. The lowest BCUT2D eigenvalue weighted by Crippen LogP contribution is -2.41. The summed E-state index contributed by atoms with van der Waals surface area (Å²) in [5, 5.41) is 13.8. The zero-order valence-corrected chi connectivity index (χ0v) is 11.5. The Morgan fingerprint density at radius 3 is 2.82 bits per heavy atom. The molecular formula is C13H22N2OS. The second kappa shape index (κ2) is 5.46. The van der Waals surface area contributed by atoms with Crippen LogP contribution in [-0.4, -0.2) is 22.2 Å². The summed E-state index contributed by atoms with van der Waals surface area (Å²) in [4.78, 5) is 5.81. The first-order chi connectivity index (χ1) is 8.11. The molecule has 0 atom stereocenters. The number of thiazole rings is 1. The molecule has 1 heterocycles. The fourth-order valence-electron chi connectivity index (χ4n) is 2.15.